The molecule has 0 aliphatic rings. The van der Waals surface area contributed by atoms with Gasteiger partial charge in [0.25, 0.3) is 0 Å². The number of hydrogen-bond donors (Lipinski definition) is 0. The standard InChI is InChI=1S/C9H15O2.3CO.Fe/c1-4-5-8(2)6-7-9(10)11-3;3*1-2;/h4-5,7-8,10H,1,6H2,2-3H3;;;;/q-1;;;;+2/p-1/b9-7-;;;;. The predicted molar refractivity (Wildman–Crippen MR) is 55.2 cm³/mol. The van der Waals surface area contributed by atoms with Crippen LogP contribution >= 0.6 is 0 Å². The second-order valence-electron chi connectivity index (χ2n) is 2.37. The van der Waals surface area contributed by atoms with Crippen LogP contribution in [-0.2, 0) is 35.8 Å². The van der Waals surface area contributed by atoms with Crippen LogP contribution in [0.4, 0.5) is 0 Å². The monoisotopic (exact) mass is 294 g/mol. The van der Waals surface area contributed by atoms with Crippen LogP contribution in [0.15, 0.2) is 24.7 Å². The largest absolute Gasteiger partial charge is 2.00 e. The normalized spacial score (nSPS) is 8.78. The fraction of sp³-hybridized carbons (Fsp3) is 0.333. The van der Waals surface area contributed by atoms with E-state index >= 15 is 0 Å². The minimum atomic E-state index is -0.269. The molecule has 0 aromatic heterocycles. The van der Waals surface area contributed by atoms with Gasteiger partial charge in [-0.25, -0.2) is 19.1 Å². The van der Waals surface area contributed by atoms with Gasteiger partial charge in [-0.2, -0.15) is 0 Å². The zero-order chi connectivity index (χ0) is 14.7. The van der Waals surface area contributed by atoms with Crippen molar-refractivity contribution in [3.63, 3.8) is 0 Å². The summed E-state index contributed by atoms with van der Waals surface area (Å²) in [5.74, 6) is 0.0842. The van der Waals surface area contributed by atoms with Gasteiger partial charge in [0.2, 0.25) is 0 Å². The van der Waals surface area contributed by atoms with E-state index < -0.39 is 0 Å². The van der Waals surface area contributed by atoms with E-state index in [1.165, 1.54) is 13.2 Å². The average molecular weight is 294 g/mol. The molecule has 1 unspecified atom stereocenters. The maximum absolute atomic E-state index is 10.6. The molecule has 0 rings (SSSR count). The van der Waals surface area contributed by atoms with E-state index in [-0.39, 0.29) is 23.0 Å². The molecular formula is C12H14FeO5. The van der Waals surface area contributed by atoms with Gasteiger partial charge in [-0.1, -0.05) is 18.9 Å². The topological polar surface area (TPSA) is 92.0 Å². The molecule has 1 atom stereocenters. The third kappa shape index (κ3) is 36.5. The molecule has 0 aliphatic carbocycles. The first-order valence-electron chi connectivity index (χ1n) is 4.19. The summed E-state index contributed by atoms with van der Waals surface area (Å²) in [6, 6.07) is 0. The minimum Gasteiger partial charge on any atom is 2.00 e. The number of ether oxygens (including phenoxy) is 1. The summed E-state index contributed by atoms with van der Waals surface area (Å²) in [7, 11) is 1.38. The smallest absolute Gasteiger partial charge is 2.00 e. The number of allylic oxidation sites excluding steroid dienone is 2. The van der Waals surface area contributed by atoms with Crippen molar-refractivity contribution >= 4 is 0 Å². The third-order valence-electron chi connectivity index (χ3n) is 1.32. The molecule has 0 radical (unpaired) electrons. The summed E-state index contributed by atoms with van der Waals surface area (Å²) in [5, 5.41) is 10.6. The van der Waals surface area contributed by atoms with Gasteiger partial charge in [-0.3, -0.25) is 0 Å². The summed E-state index contributed by atoms with van der Waals surface area (Å²) in [6.45, 7) is 19.1. The molecule has 0 bridgehead atoms. The summed E-state index contributed by atoms with van der Waals surface area (Å²) in [5.41, 5.74) is 0. The van der Waals surface area contributed by atoms with Gasteiger partial charge >= 0.3 is 51.0 Å². The fourth-order valence-corrected chi connectivity index (χ4v) is 0.676. The molecule has 0 fully saturated rings. The Hall–Kier alpha value is -1.31. The fourth-order valence-electron chi connectivity index (χ4n) is 0.676. The first kappa shape index (κ1) is 30.1. The molecule has 0 aromatic carbocycles. The molecule has 6 heteroatoms. The zero-order valence-corrected chi connectivity index (χ0v) is 11.2. The van der Waals surface area contributed by atoms with Crippen LogP contribution in [0, 0.1) is 32.3 Å². The maximum Gasteiger partial charge on any atom is 2.00 e. The Morgan fingerprint density at radius 3 is 2.00 bits per heavy atom. The van der Waals surface area contributed by atoms with Crippen molar-refractivity contribution in [3.05, 3.63) is 51.0 Å². The zero-order valence-electron chi connectivity index (χ0n) is 10.1. The first-order chi connectivity index (χ1) is 8.20. The van der Waals surface area contributed by atoms with Gasteiger partial charge in [0.15, 0.2) is 0 Å². The van der Waals surface area contributed by atoms with E-state index in [2.05, 4.69) is 31.3 Å². The van der Waals surface area contributed by atoms with Crippen LogP contribution in [0.2, 0.25) is 0 Å². The summed E-state index contributed by atoms with van der Waals surface area (Å²) < 4.78 is 26.9. The van der Waals surface area contributed by atoms with E-state index in [0.717, 1.165) is 0 Å². The van der Waals surface area contributed by atoms with Crippen molar-refractivity contribution in [1.82, 2.24) is 0 Å². The molecule has 0 heterocycles. The average Bonchev–Trinajstić information content (AvgIpc) is 2.43. The Kier molecular flexibility index (Phi) is 60.2. The Morgan fingerprint density at radius 1 is 1.33 bits per heavy atom. The Bertz CT molecular complexity index is 228. The Balaban J connectivity index is -0.0000000700. The van der Waals surface area contributed by atoms with Crippen molar-refractivity contribution in [2.45, 2.75) is 13.3 Å². The second-order valence-corrected chi connectivity index (χ2v) is 2.37. The van der Waals surface area contributed by atoms with E-state index in [1.807, 2.05) is 13.3 Å². The third-order valence-corrected chi connectivity index (χ3v) is 1.32. The number of rotatable bonds is 5. The van der Waals surface area contributed by atoms with Crippen LogP contribution in [0.25, 0.3) is 0 Å². The summed E-state index contributed by atoms with van der Waals surface area (Å²) >= 11 is 0. The van der Waals surface area contributed by atoms with Gasteiger partial charge in [0, 0.05) is 5.95 Å². The minimum absolute atomic E-state index is 0. The van der Waals surface area contributed by atoms with E-state index in [9.17, 15) is 5.11 Å². The molecule has 100 valence electrons. The quantitative estimate of drug-likeness (QED) is 0.329. The van der Waals surface area contributed by atoms with Gasteiger partial charge in [0.1, 0.15) is 0 Å². The first-order valence-corrected chi connectivity index (χ1v) is 4.19. The molecule has 18 heavy (non-hydrogen) atoms. The van der Waals surface area contributed by atoms with Gasteiger partial charge in [0.05, 0.1) is 0 Å². The number of methoxy groups -OCH3 is 1. The molecule has 0 N–H and O–H groups in total. The van der Waals surface area contributed by atoms with Crippen molar-refractivity contribution in [1.29, 1.82) is 0 Å². The van der Waals surface area contributed by atoms with Crippen molar-refractivity contribution in [2.75, 3.05) is 7.11 Å². The molecule has 0 saturated heterocycles. The van der Waals surface area contributed by atoms with Crippen LogP contribution in [-0.4, -0.2) is 7.11 Å². The maximum atomic E-state index is 10.6. The van der Waals surface area contributed by atoms with Gasteiger partial charge in [-0.05, 0) is 13.5 Å². The van der Waals surface area contributed by atoms with Crippen LogP contribution < -0.4 is 5.11 Å². The van der Waals surface area contributed by atoms with E-state index in [0.29, 0.717) is 12.3 Å². The van der Waals surface area contributed by atoms with Gasteiger partial charge in [-0.15, -0.1) is 0 Å². The molecule has 5 nitrogen and oxygen atoms in total. The molecular weight excluding hydrogens is 280 g/mol. The van der Waals surface area contributed by atoms with Gasteiger partial charge < -0.3 is 9.84 Å². The van der Waals surface area contributed by atoms with Crippen LogP contribution in [0.3, 0.4) is 0 Å². The van der Waals surface area contributed by atoms with Crippen LogP contribution in [0.5, 0.6) is 0 Å². The van der Waals surface area contributed by atoms with E-state index in [4.69, 9.17) is 14.0 Å². The molecule has 0 aliphatic heterocycles. The SMILES string of the molecule is C=C[CH-]C(C)C/C=C(/[O-])OC.[C-]#[O+].[C-]#[O+].[C-]#[O+].[Fe+2]. The van der Waals surface area contributed by atoms with Crippen LogP contribution in [0.1, 0.15) is 13.3 Å². The molecule has 0 spiro atoms. The van der Waals surface area contributed by atoms with Crippen molar-refractivity contribution < 1.29 is 40.9 Å². The Labute approximate surface area is 119 Å². The van der Waals surface area contributed by atoms with Crippen molar-refractivity contribution in [2.24, 2.45) is 5.92 Å². The summed E-state index contributed by atoms with van der Waals surface area (Å²) in [4.78, 5) is 0. The molecule has 0 amide bonds. The van der Waals surface area contributed by atoms with E-state index in [1.54, 1.807) is 6.08 Å². The molecule has 0 saturated carbocycles. The second kappa shape index (κ2) is 36.1. The predicted octanol–water partition coefficient (Wildman–Crippen LogP) is 1.14. The van der Waals surface area contributed by atoms with Crippen molar-refractivity contribution in [3.8, 4) is 0 Å². The molecule has 0 aromatic rings. The summed E-state index contributed by atoms with van der Waals surface area (Å²) in [6.07, 6.45) is 5.92. The Morgan fingerprint density at radius 2 is 1.72 bits per heavy atom. The number of hydrogen-bond acceptors (Lipinski definition) is 2.